The van der Waals surface area contributed by atoms with E-state index in [0.717, 1.165) is 45.3 Å². The maximum Gasteiger partial charge on any atom is 0.253 e. The minimum Gasteiger partial charge on any atom is -0.508 e. The molecule has 1 aromatic rings. The number of amides is 2. The zero-order valence-electron chi connectivity index (χ0n) is 13.6. The Morgan fingerprint density at radius 2 is 1.58 bits per heavy atom. The zero-order valence-corrected chi connectivity index (χ0v) is 13.6. The molecule has 5 nitrogen and oxygen atoms in total. The number of piperidine rings is 1. The number of likely N-dealkylation sites (tertiary alicyclic amines) is 1. The van der Waals surface area contributed by atoms with Crippen molar-refractivity contribution >= 4 is 11.8 Å². The second-order valence-corrected chi connectivity index (χ2v) is 7.38. The fourth-order valence-electron chi connectivity index (χ4n) is 4.35. The van der Waals surface area contributed by atoms with Gasteiger partial charge in [0.1, 0.15) is 5.75 Å². The van der Waals surface area contributed by atoms with Crippen molar-refractivity contribution < 1.29 is 14.7 Å². The second-order valence-electron chi connectivity index (χ2n) is 7.38. The fourth-order valence-corrected chi connectivity index (χ4v) is 4.35. The molecule has 2 aliphatic heterocycles. The topological polar surface area (TPSA) is 60.9 Å². The van der Waals surface area contributed by atoms with Gasteiger partial charge in [0.25, 0.3) is 11.8 Å². The number of aromatic hydroxyl groups is 1. The monoisotopic (exact) mass is 326 g/mol. The number of imide groups is 1. The Morgan fingerprint density at radius 3 is 2.17 bits per heavy atom. The first kappa shape index (κ1) is 15.4. The van der Waals surface area contributed by atoms with Crippen LogP contribution < -0.4 is 0 Å². The summed E-state index contributed by atoms with van der Waals surface area (Å²) in [7, 11) is 0. The van der Waals surface area contributed by atoms with Crippen LogP contribution in [0.1, 0.15) is 31.2 Å². The van der Waals surface area contributed by atoms with Crippen LogP contribution in [0.5, 0.6) is 5.75 Å². The molecule has 3 aliphatic rings. The van der Waals surface area contributed by atoms with Gasteiger partial charge in [0.05, 0.1) is 0 Å². The summed E-state index contributed by atoms with van der Waals surface area (Å²) in [5, 5.41) is 9.35. The minimum atomic E-state index is -0.149. The Morgan fingerprint density at radius 1 is 1.00 bits per heavy atom. The summed E-state index contributed by atoms with van der Waals surface area (Å²) in [5.74, 6) is 0.00610. The molecule has 2 amide bonds. The third kappa shape index (κ3) is 2.73. The van der Waals surface area contributed by atoms with Crippen molar-refractivity contribution in [3.63, 3.8) is 0 Å². The van der Waals surface area contributed by atoms with Gasteiger partial charge in [-0.1, -0.05) is 12.1 Å². The third-order valence-electron chi connectivity index (χ3n) is 5.81. The molecule has 24 heavy (non-hydrogen) atoms. The van der Waals surface area contributed by atoms with E-state index in [1.165, 1.54) is 22.6 Å². The van der Waals surface area contributed by atoms with Crippen molar-refractivity contribution in [3.8, 4) is 5.75 Å². The molecule has 1 saturated carbocycles. The molecule has 126 valence electrons. The van der Waals surface area contributed by atoms with Crippen molar-refractivity contribution in [2.45, 2.75) is 38.3 Å². The van der Waals surface area contributed by atoms with Crippen molar-refractivity contribution in [1.82, 2.24) is 9.80 Å². The summed E-state index contributed by atoms with van der Waals surface area (Å²) in [6.45, 7) is 3.01. The quantitative estimate of drug-likeness (QED) is 0.864. The Labute approximate surface area is 141 Å². The molecule has 1 spiro atoms. The lowest BCUT2D eigenvalue weighted by molar-refractivity contribution is -0.146. The van der Waals surface area contributed by atoms with E-state index >= 15 is 0 Å². The molecule has 0 bridgehead atoms. The molecule has 4 rings (SSSR count). The summed E-state index contributed by atoms with van der Waals surface area (Å²) < 4.78 is 0. The number of benzene rings is 1. The van der Waals surface area contributed by atoms with Gasteiger partial charge in [0.15, 0.2) is 0 Å². The van der Waals surface area contributed by atoms with E-state index in [1.54, 1.807) is 12.1 Å². The molecule has 1 N–H and O–H groups in total. The van der Waals surface area contributed by atoms with Crippen LogP contribution in [0.3, 0.4) is 0 Å². The van der Waals surface area contributed by atoms with Gasteiger partial charge in [0.2, 0.25) is 0 Å². The molecule has 1 aromatic carbocycles. The van der Waals surface area contributed by atoms with Gasteiger partial charge in [0, 0.05) is 24.7 Å². The first-order valence-corrected chi connectivity index (χ1v) is 8.60. The van der Waals surface area contributed by atoms with Crippen LogP contribution in [-0.2, 0) is 16.1 Å². The zero-order chi connectivity index (χ0) is 16.7. The Kier molecular flexibility index (Phi) is 3.68. The SMILES string of the molecule is O=C1C=CC(=O)N1C1CC2(CCN(Cc3ccc(O)cc3)CC2)C1. The largest absolute Gasteiger partial charge is 0.508 e. The van der Waals surface area contributed by atoms with Gasteiger partial charge < -0.3 is 5.11 Å². The van der Waals surface area contributed by atoms with E-state index in [0.29, 0.717) is 11.2 Å². The average Bonchev–Trinajstić information content (AvgIpc) is 2.87. The molecule has 1 saturated heterocycles. The summed E-state index contributed by atoms with van der Waals surface area (Å²) in [4.78, 5) is 27.4. The van der Waals surface area contributed by atoms with Gasteiger partial charge in [-0.05, 0) is 61.9 Å². The molecule has 5 heteroatoms. The summed E-state index contributed by atoms with van der Waals surface area (Å²) in [6, 6.07) is 7.50. The van der Waals surface area contributed by atoms with Crippen molar-refractivity contribution in [1.29, 1.82) is 0 Å². The Balaban J connectivity index is 1.29. The van der Waals surface area contributed by atoms with Crippen LogP contribution >= 0.6 is 0 Å². The molecule has 2 fully saturated rings. The van der Waals surface area contributed by atoms with E-state index in [1.807, 2.05) is 12.1 Å². The highest BCUT2D eigenvalue weighted by Crippen LogP contribution is 2.51. The van der Waals surface area contributed by atoms with E-state index < -0.39 is 0 Å². The summed E-state index contributed by atoms with van der Waals surface area (Å²) >= 11 is 0. The number of rotatable bonds is 3. The number of phenols is 1. The van der Waals surface area contributed by atoms with Crippen molar-refractivity contribution in [2.75, 3.05) is 13.1 Å². The normalized spacial score (nSPS) is 23.9. The molecular formula is C19H22N2O3. The predicted octanol–water partition coefficient (Wildman–Crippen LogP) is 2.06. The summed E-state index contributed by atoms with van der Waals surface area (Å²) in [5.41, 5.74) is 1.54. The van der Waals surface area contributed by atoms with E-state index in [2.05, 4.69) is 4.90 Å². The van der Waals surface area contributed by atoms with Gasteiger partial charge >= 0.3 is 0 Å². The van der Waals surface area contributed by atoms with Crippen LogP contribution in [0.2, 0.25) is 0 Å². The second kappa shape index (κ2) is 5.74. The van der Waals surface area contributed by atoms with E-state index in [4.69, 9.17) is 0 Å². The smallest absolute Gasteiger partial charge is 0.253 e. The fraction of sp³-hybridized carbons (Fsp3) is 0.474. The van der Waals surface area contributed by atoms with Crippen LogP contribution in [0.4, 0.5) is 0 Å². The number of carbonyl (C=O) groups is 2. The number of nitrogens with zero attached hydrogens (tertiary/aromatic N) is 2. The van der Waals surface area contributed by atoms with Crippen LogP contribution in [0.15, 0.2) is 36.4 Å². The lowest BCUT2D eigenvalue weighted by atomic mass is 9.60. The molecule has 1 aliphatic carbocycles. The van der Waals surface area contributed by atoms with Crippen molar-refractivity contribution in [3.05, 3.63) is 42.0 Å². The summed E-state index contributed by atoms with van der Waals surface area (Å²) in [6.07, 6.45) is 6.94. The molecule has 0 atom stereocenters. The molecular weight excluding hydrogens is 304 g/mol. The highest BCUT2D eigenvalue weighted by Gasteiger charge is 2.50. The van der Waals surface area contributed by atoms with Gasteiger partial charge in [-0.15, -0.1) is 0 Å². The third-order valence-corrected chi connectivity index (χ3v) is 5.81. The Bertz CT molecular complexity index is 661. The predicted molar refractivity (Wildman–Crippen MR) is 89.1 cm³/mol. The lowest BCUT2D eigenvalue weighted by Crippen LogP contribution is -2.56. The Hall–Kier alpha value is -2.14. The van der Waals surface area contributed by atoms with Gasteiger partial charge in [-0.2, -0.15) is 0 Å². The molecule has 0 aromatic heterocycles. The van der Waals surface area contributed by atoms with E-state index in [-0.39, 0.29) is 17.9 Å². The first-order chi connectivity index (χ1) is 11.5. The van der Waals surface area contributed by atoms with Crippen LogP contribution in [0, 0.1) is 5.41 Å². The van der Waals surface area contributed by atoms with Crippen LogP contribution in [0.25, 0.3) is 0 Å². The maximum atomic E-state index is 11.8. The number of phenolic OH excluding ortho intramolecular Hbond substituents is 1. The molecule has 2 heterocycles. The maximum absolute atomic E-state index is 11.8. The molecule has 0 radical (unpaired) electrons. The highest BCUT2D eigenvalue weighted by atomic mass is 16.3. The highest BCUT2D eigenvalue weighted by molar-refractivity contribution is 6.13. The standard InChI is InChI=1S/C19H22N2O3/c22-16-3-1-14(2-4-16)13-20-9-7-19(8-10-20)11-15(12-19)21-17(23)5-6-18(21)24/h1-6,15,22H,7-13H2. The van der Waals surface area contributed by atoms with Gasteiger partial charge in [-0.3, -0.25) is 19.4 Å². The van der Waals surface area contributed by atoms with Crippen LogP contribution in [-0.4, -0.2) is 45.9 Å². The lowest BCUT2D eigenvalue weighted by Gasteiger charge is -2.54. The average molecular weight is 326 g/mol. The minimum absolute atomic E-state index is 0.101. The van der Waals surface area contributed by atoms with Crippen molar-refractivity contribution in [2.24, 2.45) is 5.41 Å². The first-order valence-electron chi connectivity index (χ1n) is 8.60. The number of hydrogen-bond acceptors (Lipinski definition) is 4. The number of hydrogen-bond donors (Lipinski definition) is 1. The molecule has 0 unspecified atom stereocenters. The van der Waals surface area contributed by atoms with Gasteiger partial charge in [-0.25, -0.2) is 0 Å². The number of carbonyl (C=O) groups excluding carboxylic acids is 2. The van der Waals surface area contributed by atoms with E-state index in [9.17, 15) is 14.7 Å².